The van der Waals surface area contributed by atoms with Crippen LogP contribution in [0.3, 0.4) is 0 Å². The van der Waals surface area contributed by atoms with Crippen LogP contribution in [0.15, 0.2) is 44.7 Å². The molecule has 1 amide bonds. The average Bonchev–Trinajstić information content (AvgIpc) is 3.28. The van der Waals surface area contributed by atoms with E-state index < -0.39 is 0 Å². The summed E-state index contributed by atoms with van der Waals surface area (Å²) in [7, 11) is 1.58. The normalized spacial score (nSPS) is 11.0. The highest BCUT2D eigenvalue weighted by molar-refractivity contribution is 9.10. The van der Waals surface area contributed by atoms with Gasteiger partial charge in [-0.15, -0.1) is 11.3 Å². The molecule has 0 atom stereocenters. The summed E-state index contributed by atoms with van der Waals surface area (Å²) in [6.45, 7) is 4.57. The van der Waals surface area contributed by atoms with Gasteiger partial charge in [0, 0.05) is 20.8 Å². The fraction of sp³-hybridized carbons (Fsp3) is 0.238. The van der Waals surface area contributed by atoms with E-state index in [1.807, 2.05) is 43.5 Å². The Hall–Kier alpha value is -2.58. The zero-order valence-electron chi connectivity index (χ0n) is 16.3. The minimum atomic E-state index is -0.160. The average molecular weight is 477 g/mol. The molecule has 2 aromatic heterocycles. The van der Waals surface area contributed by atoms with Gasteiger partial charge in [0.15, 0.2) is 11.5 Å². The van der Waals surface area contributed by atoms with Gasteiger partial charge in [0.1, 0.15) is 12.4 Å². The number of carbonyl (C=O) groups excluding carboxylic acids is 1. The van der Waals surface area contributed by atoms with Crippen LogP contribution >= 0.6 is 27.3 Å². The molecule has 0 fully saturated rings. The molecular formula is C21H21BrN2O4S. The Kier molecular flexibility index (Phi) is 7.11. The number of rotatable bonds is 8. The number of methoxy groups -OCH3 is 1. The molecule has 1 aromatic carbocycles. The van der Waals surface area contributed by atoms with Gasteiger partial charge >= 0.3 is 0 Å². The number of amides is 1. The van der Waals surface area contributed by atoms with Gasteiger partial charge in [-0.3, -0.25) is 4.79 Å². The highest BCUT2D eigenvalue weighted by Crippen LogP contribution is 2.30. The van der Waals surface area contributed by atoms with E-state index in [0.717, 1.165) is 31.9 Å². The van der Waals surface area contributed by atoms with Crippen molar-refractivity contribution < 1.29 is 18.8 Å². The van der Waals surface area contributed by atoms with E-state index in [4.69, 9.17) is 14.0 Å². The van der Waals surface area contributed by atoms with Crippen molar-refractivity contribution >= 4 is 39.2 Å². The molecule has 0 aliphatic heterocycles. The molecule has 0 aliphatic rings. The lowest BCUT2D eigenvalue weighted by Gasteiger charge is -2.11. The molecule has 1 N–H and O–H groups in total. The summed E-state index contributed by atoms with van der Waals surface area (Å²) < 4.78 is 17.5. The van der Waals surface area contributed by atoms with Crippen molar-refractivity contribution in [3.8, 4) is 11.5 Å². The highest BCUT2D eigenvalue weighted by Gasteiger charge is 2.12. The highest BCUT2D eigenvalue weighted by atomic mass is 79.9. The molecule has 0 saturated carbocycles. The molecule has 3 rings (SSSR count). The topological polar surface area (TPSA) is 73.6 Å². The van der Waals surface area contributed by atoms with E-state index in [-0.39, 0.29) is 5.91 Å². The van der Waals surface area contributed by atoms with Crippen LogP contribution in [-0.2, 0) is 17.9 Å². The number of hydrogen-bond donors (Lipinski definition) is 1. The molecule has 0 radical (unpaired) electrons. The molecule has 0 bridgehead atoms. The maximum absolute atomic E-state index is 12.0. The number of aromatic nitrogens is 1. The predicted octanol–water partition coefficient (Wildman–Crippen LogP) is 5.03. The van der Waals surface area contributed by atoms with E-state index in [2.05, 4.69) is 26.4 Å². The Labute approximate surface area is 181 Å². The molecule has 0 saturated heterocycles. The van der Waals surface area contributed by atoms with Crippen molar-refractivity contribution in [3.63, 3.8) is 0 Å². The van der Waals surface area contributed by atoms with Crippen molar-refractivity contribution in [2.45, 2.75) is 27.0 Å². The second-order valence-electron chi connectivity index (χ2n) is 6.28. The van der Waals surface area contributed by atoms with Gasteiger partial charge in [0.05, 0.1) is 24.9 Å². The van der Waals surface area contributed by atoms with E-state index in [1.165, 1.54) is 6.08 Å². The molecule has 6 nitrogen and oxygen atoms in total. The fourth-order valence-electron chi connectivity index (χ4n) is 2.62. The second kappa shape index (κ2) is 9.76. The van der Waals surface area contributed by atoms with Crippen LogP contribution in [0.1, 0.15) is 27.5 Å². The van der Waals surface area contributed by atoms with Crippen molar-refractivity contribution in [2.24, 2.45) is 0 Å². The lowest BCUT2D eigenvalue weighted by atomic mass is 10.2. The van der Waals surface area contributed by atoms with Gasteiger partial charge in [-0.05, 0) is 59.6 Å². The SMILES string of the molecule is COc1cc(C=CC(=O)NCc2cc(Br)cs2)ccc1OCc1c(C)noc1C. The Morgan fingerprint density at radius 1 is 1.31 bits per heavy atom. The van der Waals surface area contributed by atoms with Gasteiger partial charge in [-0.25, -0.2) is 0 Å². The summed E-state index contributed by atoms with van der Waals surface area (Å²) in [5, 5.41) is 8.77. The molecule has 0 spiro atoms. The van der Waals surface area contributed by atoms with Crippen LogP contribution in [-0.4, -0.2) is 18.2 Å². The summed E-state index contributed by atoms with van der Waals surface area (Å²) >= 11 is 4.99. The monoisotopic (exact) mass is 476 g/mol. The van der Waals surface area contributed by atoms with Crippen molar-refractivity contribution in [1.29, 1.82) is 0 Å². The lowest BCUT2D eigenvalue weighted by molar-refractivity contribution is -0.116. The number of halogens is 1. The number of nitrogens with one attached hydrogen (secondary N) is 1. The third-order valence-corrected chi connectivity index (χ3v) is 5.92. The van der Waals surface area contributed by atoms with Crippen LogP contribution in [0, 0.1) is 13.8 Å². The minimum Gasteiger partial charge on any atom is -0.493 e. The molecule has 29 heavy (non-hydrogen) atoms. The number of benzene rings is 1. The third-order valence-electron chi connectivity index (χ3n) is 4.23. The van der Waals surface area contributed by atoms with Crippen LogP contribution in [0.4, 0.5) is 0 Å². The van der Waals surface area contributed by atoms with Gasteiger partial charge in [-0.1, -0.05) is 11.2 Å². The van der Waals surface area contributed by atoms with Crippen molar-refractivity contribution in [2.75, 3.05) is 7.11 Å². The standard InChI is InChI=1S/C21H21BrN2O4S/c1-13-18(14(2)28-24-13)11-27-19-6-4-15(8-20(19)26-3)5-7-21(25)23-10-17-9-16(22)12-29-17/h4-9,12H,10-11H2,1-3H3,(H,23,25). The maximum Gasteiger partial charge on any atom is 0.244 e. The summed E-state index contributed by atoms with van der Waals surface area (Å²) in [4.78, 5) is 13.1. The Morgan fingerprint density at radius 2 is 2.14 bits per heavy atom. The second-order valence-corrected chi connectivity index (χ2v) is 8.20. The first-order chi connectivity index (χ1) is 14.0. The molecule has 3 aromatic rings. The molecule has 0 aliphatic carbocycles. The fourth-order valence-corrected chi connectivity index (χ4v) is 4.01. The number of thiophene rings is 1. The quantitative estimate of drug-likeness (QED) is 0.461. The molecule has 8 heteroatoms. The predicted molar refractivity (Wildman–Crippen MR) is 116 cm³/mol. The summed E-state index contributed by atoms with van der Waals surface area (Å²) in [6, 6.07) is 7.49. The number of carbonyl (C=O) groups is 1. The summed E-state index contributed by atoms with van der Waals surface area (Å²) in [5.41, 5.74) is 2.56. The summed E-state index contributed by atoms with van der Waals surface area (Å²) in [5.74, 6) is 1.77. The summed E-state index contributed by atoms with van der Waals surface area (Å²) in [6.07, 6.45) is 3.24. The minimum absolute atomic E-state index is 0.160. The van der Waals surface area contributed by atoms with E-state index in [9.17, 15) is 4.79 Å². The van der Waals surface area contributed by atoms with Crippen molar-refractivity contribution in [3.05, 3.63) is 67.7 Å². The lowest BCUT2D eigenvalue weighted by Crippen LogP contribution is -2.19. The van der Waals surface area contributed by atoms with E-state index in [1.54, 1.807) is 24.5 Å². The van der Waals surface area contributed by atoms with Crippen molar-refractivity contribution in [1.82, 2.24) is 10.5 Å². The van der Waals surface area contributed by atoms with Gasteiger partial charge in [0.25, 0.3) is 0 Å². The van der Waals surface area contributed by atoms with Gasteiger partial charge in [0.2, 0.25) is 5.91 Å². The molecule has 0 unspecified atom stereocenters. The Morgan fingerprint density at radius 3 is 2.79 bits per heavy atom. The number of nitrogens with zero attached hydrogens (tertiary/aromatic N) is 1. The first-order valence-corrected chi connectivity index (χ1v) is 10.5. The van der Waals surface area contributed by atoms with Gasteiger partial charge < -0.3 is 19.3 Å². The van der Waals surface area contributed by atoms with Gasteiger partial charge in [-0.2, -0.15) is 0 Å². The first-order valence-electron chi connectivity index (χ1n) is 8.87. The van der Waals surface area contributed by atoms with Crippen LogP contribution in [0.5, 0.6) is 11.5 Å². The third kappa shape index (κ3) is 5.71. The van der Waals surface area contributed by atoms with E-state index >= 15 is 0 Å². The Bertz CT molecular complexity index is 1010. The molecular weight excluding hydrogens is 456 g/mol. The first kappa shape index (κ1) is 21.1. The number of aryl methyl sites for hydroxylation is 2. The number of hydrogen-bond acceptors (Lipinski definition) is 6. The smallest absolute Gasteiger partial charge is 0.244 e. The van der Waals surface area contributed by atoms with Crippen LogP contribution in [0.2, 0.25) is 0 Å². The largest absolute Gasteiger partial charge is 0.493 e. The molecule has 152 valence electrons. The Balaban J connectivity index is 1.60. The molecule has 2 heterocycles. The van der Waals surface area contributed by atoms with Crippen LogP contribution < -0.4 is 14.8 Å². The maximum atomic E-state index is 12.0. The van der Waals surface area contributed by atoms with Crippen LogP contribution in [0.25, 0.3) is 6.08 Å². The zero-order valence-corrected chi connectivity index (χ0v) is 18.7. The zero-order chi connectivity index (χ0) is 20.8. The van der Waals surface area contributed by atoms with E-state index in [0.29, 0.717) is 24.7 Å². The number of ether oxygens (including phenoxy) is 2.